The molecule has 1 aromatic carbocycles. The number of hydrogen-bond donors (Lipinski definition) is 2. The predicted molar refractivity (Wildman–Crippen MR) is 120 cm³/mol. The number of anilines is 2. The Hall–Kier alpha value is -2.82. The maximum absolute atomic E-state index is 12.0. The topological polar surface area (TPSA) is 115 Å². The summed E-state index contributed by atoms with van der Waals surface area (Å²) < 4.78 is 34.5. The van der Waals surface area contributed by atoms with Gasteiger partial charge in [0.25, 0.3) is 0 Å². The van der Waals surface area contributed by atoms with Crippen LogP contribution in [-0.2, 0) is 25.9 Å². The van der Waals surface area contributed by atoms with Crippen LogP contribution in [0, 0.1) is 13.8 Å². The lowest BCUT2D eigenvalue weighted by Gasteiger charge is -2.16. The maximum Gasteiger partial charge on any atom is 0.225 e. The van der Waals surface area contributed by atoms with Crippen LogP contribution >= 0.6 is 0 Å². The Bertz CT molecular complexity index is 1180. The SMILES string of the molecule is COC(CNc1nc(NCc2cccc(S(C)(=O)=O)c2C)c2cc(C)ncc2n1)OC. The Morgan fingerprint density at radius 1 is 1.10 bits per heavy atom. The van der Waals surface area contributed by atoms with E-state index in [0.717, 1.165) is 22.2 Å². The standard InChI is InChI=1S/C21H27N5O4S/c1-13-9-16-17(11-22-13)25-21(24-12-19(29-3)30-4)26-20(16)23-10-15-7-6-8-18(14(15)2)31(5,27)28/h6-9,11,19H,10,12H2,1-5H3,(H2,23,24,25,26). The zero-order valence-corrected chi connectivity index (χ0v) is 19.1. The number of aryl methyl sites for hydroxylation is 1. The summed E-state index contributed by atoms with van der Waals surface area (Å²) >= 11 is 0. The minimum Gasteiger partial charge on any atom is -0.365 e. The first-order chi connectivity index (χ1) is 14.7. The molecular weight excluding hydrogens is 418 g/mol. The van der Waals surface area contributed by atoms with E-state index in [1.165, 1.54) is 6.26 Å². The molecule has 3 aromatic rings. The molecule has 0 spiro atoms. The van der Waals surface area contributed by atoms with Gasteiger partial charge in [0.15, 0.2) is 16.1 Å². The van der Waals surface area contributed by atoms with Crippen LogP contribution in [0.4, 0.5) is 11.8 Å². The van der Waals surface area contributed by atoms with E-state index in [-0.39, 0.29) is 0 Å². The van der Waals surface area contributed by atoms with Gasteiger partial charge in [-0.3, -0.25) is 4.98 Å². The molecule has 0 saturated carbocycles. The number of pyridine rings is 1. The van der Waals surface area contributed by atoms with E-state index in [9.17, 15) is 8.42 Å². The van der Waals surface area contributed by atoms with Crippen LogP contribution in [0.2, 0.25) is 0 Å². The zero-order valence-electron chi connectivity index (χ0n) is 18.3. The van der Waals surface area contributed by atoms with Gasteiger partial charge < -0.3 is 20.1 Å². The number of nitrogens with zero attached hydrogens (tertiary/aromatic N) is 3. The quantitative estimate of drug-likeness (QED) is 0.480. The monoisotopic (exact) mass is 445 g/mol. The van der Waals surface area contributed by atoms with Gasteiger partial charge in [0.1, 0.15) is 5.82 Å². The number of benzene rings is 1. The van der Waals surface area contributed by atoms with Crippen molar-refractivity contribution in [2.24, 2.45) is 0 Å². The van der Waals surface area contributed by atoms with E-state index < -0.39 is 16.1 Å². The summed E-state index contributed by atoms with van der Waals surface area (Å²) in [6.07, 6.45) is 2.47. The third-order valence-electron chi connectivity index (χ3n) is 4.91. The third-order valence-corrected chi connectivity index (χ3v) is 6.15. The van der Waals surface area contributed by atoms with E-state index in [2.05, 4.69) is 25.6 Å². The van der Waals surface area contributed by atoms with Gasteiger partial charge in [0, 0.05) is 38.1 Å². The smallest absolute Gasteiger partial charge is 0.225 e. The van der Waals surface area contributed by atoms with Crippen molar-refractivity contribution in [3.8, 4) is 0 Å². The number of nitrogens with one attached hydrogen (secondary N) is 2. The summed E-state index contributed by atoms with van der Waals surface area (Å²) in [6, 6.07) is 7.17. The summed E-state index contributed by atoms with van der Waals surface area (Å²) in [5.74, 6) is 1.02. The van der Waals surface area contributed by atoms with Crippen molar-refractivity contribution in [3.05, 3.63) is 47.3 Å². The summed E-state index contributed by atoms with van der Waals surface area (Å²) in [5.41, 5.74) is 3.11. The second-order valence-electron chi connectivity index (χ2n) is 7.19. The van der Waals surface area contributed by atoms with Crippen LogP contribution in [0.3, 0.4) is 0 Å². The zero-order chi connectivity index (χ0) is 22.6. The summed E-state index contributed by atoms with van der Waals surface area (Å²) in [5, 5.41) is 7.27. The molecule has 10 heteroatoms. The number of methoxy groups -OCH3 is 2. The molecule has 0 radical (unpaired) electrons. The van der Waals surface area contributed by atoms with Crippen LogP contribution in [0.1, 0.15) is 16.8 Å². The fraction of sp³-hybridized carbons (Fsp3) is 0.381. The van der Waals surface area contributed by atoms with Crippen molar-refractivity contribution in [3.63, 3.8) is 0 Å². The molecule has 2 N–H and O–H groups in total. The van der Waals surface area contributed by atoms with Gasteiger partial charge in [0.2, 0.25) is 5.95 Å². The third kappa shape index (κ3) is 5.46. The minimum atomic E-state index is -3.30. The first-order valence-electron chi connectivity index (χ1n) is 9.69. The first-order valence-corrected chi connectivity index (χ1v) is 11.6. The Kier molecular flexibility index (Phi) is 7.04. The first kappa shape index (κ1) is 22.9. The Morgan fingerprint density at radius 3 is 2.52 bits per heavy atom. The van der Waals surface area contributed by atoms with Gasteiger partial charge in [0.05, 0.1) is 23.2 Å². The van der Waals surface area contributed by atoms with E-state index in [4.69, 9.17) is 9.47 Å². The molecule has 0 unspecified atom stereocenters. The van der Waals surface area contributed by atoms with Crippen molar-refractivity contribution < 1.29 is 17.9 Å². The molecule has 0 aliphatic rings. The van der Waals surface area contributed by atoms with Crippen LogP contribution < -0.4 is 10.6 Å². The maximum atomic E-state index is 12.0. The number of aromatic nitrogens is 3. The van der Waals surface area contributed by atoms with Crippen LogP contribution in [-0.4, -0.2) is 56.7 Å². The van der Waals surface area contributed by atoms with Crippen LogP contribution in [0.5, 0.6) is 0 Å². The van der Waals surface area contributed by atoms with Crippen molar-refractivity contribution in [2.45, 2.75) is 31.6 Å². The number of sulfone groups is 1. The highest BCUT2D eigenvalue weighted by Crippen LogP contribution is 2.24. The second kappa shape index (κ2) is 9.54. The van der Waals surface area contributed by atoms with Gasteiger partial charge in [-0.15, -0.1) is 0 Å². The Labute approximate surface area is 182 Å². The lowest BCUT2D eigenvalue weighted by Crippen LogP contribution is -2.24. The second-order valence-corrected chi connectivity index (χ2v) is 9.17. The van der Waals surface area contributed by atoms with E-state index in [1.54, 1.807) is 32.5 Å². The van der Waals surface area contributed by atoms with Crippen molar-refractivity contribution in [1.82, 2.24) is 15.0 Å². The summed E-state index contributed by atoms with van der Waals surface area (Å²) in [6.45, 7) is 4.48. The van der Waals surface area contributed by atoms with Gasteiger partial charge in [-0.1, -0.05) is 12.1 Å². The highest BCUT2D eigenvalue weighted by Gasteiger charge is 2.15. The van der Waals surface area contributed by atoms with Gasteiger partial charge in [-0.25, -0.2) is 13.4 Å². The average Bonchev–Trinajstić information content (AvgIpc) is 2.73. The summed E-state index contributed by atoms with van der Waals surface area (Å²) in [7, 11) is -0.183. The molecule has 0 aliphatic heterocycles. The van der Waals surface area contributed by atoms with E-state index in [0.29, 0.717) is 35.3 Å². The molecule has 3 rings (SSSR count). The highest BCUT2D eigenvalue weighted by atomic mass is 32.2. The highest BCUT2D eigenvalue weighted by molar-refractivity contribution is 7.90. The van der Waals surface area contributed by atoms with Gasteiger partial charge in [-0.2, -0.15) is 4.98 Å². The van der Waals surface area contributed by atoms with Crippen LogP contribution in [0.25, 0.3) is 10.9 Å². The lowest BCUT2D eigenvalue weighted by molar-refractivity contribution is -0.0914. The number of ether oxygens (including phenoxy) is 2. The summed E-state index contributed by atoms with van der Waals surface area (Å²) in [4.78, 5) is 13.8. The predicted octanol–water partition coefficient (Wildman–Crippen LogP) is 2.69. The van der Waals surface area contributed by atoms with E-state index >= 15 is 0 Å². The number of rotatable bonds is 9. The minimum absolute atomic E-state index is 0.326. The fourth-order valence-electron chi connectivity index (χ4n) is 3.22. The molecule has 0 bridgehead atoms. The van der Waals surface area contributed by atoms with E-state index in [1.807, 2.05) is 26.0 Å². The Morgan fingerprint density at radius 2 is 1.84 bits per heavy atom. The molecule has 31 heavy (non-hydrogen) atoms. The van der Waals surface area contributed by atoms with Crippen molar-refractivity contribution in [2.75, 3.05) is 37.7 Å². The Balaban J connectivity index is 1.93. The molecule has 0 fully saturated rings. The van der Waals surface area contributed by atoms with Crippen molar-refractivity contribution >= 4 is 32.5 Å². The van der Waals surface area contributed by atoms with Gasteiger partial charge in [-0.05, 0) is 37.1 Å². The lowest BCUT2D eigenvalue weighted by atomic mass is 10.1. The largest absolute Gasteiger partial charge is 0.365 e. The number of fused-ring (bicyclic) bond motifs is 1. The number of hydrogen-bond acceptors (Lipinski definition) is 9. The normalized spacial score (nSPS) is 11.8. The molecule has 0 atom stereocenters. The molecule has 9 nitrogen and oxygen atoms in total. The average molecular weight is 446 g/mol. The van der Waals surface area contributed by atoms with Gasteiger partial charge >= 0.3 is 0 Å². The molecule has 0 aliphatic carbocycles. The molecule has 2 heterocycles. The molecule has 2 aromatic heterocycles. The fourth-order valence-corrected chi connectivity index (χ4v) is 4.23. The molecule has 0 amide bonds. The van der Waals surface area contributed by atoms with Crippen LogP contribution in [0.15, 0.2) is 35.4 Å². The molecule has 166 valence electrons. The molecule has 0 saturated heterocycles. The van der Waals surface area contributed by atoms with Crippen molar-refractivity contribution in [1.29, 1.82) is 0 Å². The molecular formula is C21H27N5O4S.